The minimum absolute atomic E-state index is 0.0633. The monoisotopic (exact) mass is 327 g/mol. The van der Waals surface area contributed by atoms with Crippen LogP contribution in [0.25, 0.3) is 0 Å². The Kier molecular flexibility index (Phi) is 4.90. The molecule has 1 N–H and O–H groups in total. The molecule has 24 heavy (non-hydrogen) atoms. The molecule has 1 aliphatic heterocycles. The summed E-state index contributed by atoms with van der Waals surface area (Å²) < 4.78 is 5.12. The lowest BCUT2D eigenvalue weighted by Gasteiger charge is -2.32. The summed E-state index contributed by atoms with van der Waals surface area (Å²) in [5, 5.41) is 3.15. The van der Waals surface area contributed by atoms with Crippen LogP contribution in [-0.2, 0) is 0 Å². The smallest absolute Gasteiger partial charge is 0.274 e. The van der Waals surface area contributed by atoms with Gasteiger partial charge in [0.1, 0.15) is 17.3 Å². The minimum Gasteiger partial charge on any atom is -0.497 e. The van der Waals surface area contributed by atoms with E-state index in [9.17, 15) is 4.79 Å². The fraction of sp³-hybridized carbons (Fsp3) is 0.353. The lowest BCUT2D eigenvalue weighted by atomic mass is 10.3. The van der Waals surface area contributed by atoms with Gasteiger partial charge in [-0.2, -0.15) is 0 Å². The van der Waals surface area contributed by atoms with Crippen LogP contribution in [0.3, 0.4) is 0 Å². The predicted molar refractivity (Wildman–Crippen MR) is 91.7 cm³/mol. The molecule has 0 unspecified atom stereocenters. The van der Waals surface area contributed by atoms with E-state index in [1.165, 1.54) is 6.20 Å². The fourth-order valence-corrected chi connectivity index (χ4v) is 2.50. The molecule has 126 valence electrons. The Bertz CT molecular complexity index is 679. The van der Waals surface area contributed by atoms with Crippen LogP contribution in [-0.4, -0.2) is 66.0 Å². The van der Waals surface area contributed by atoms with Crippen LogP contribution in [0.15, 0.2) is 36.7 Å². The maximum Gasteiger partial charge on any atom is 0.274 e. The van der Waals surface area contributed by atoms with E-state index >= 15 is 0 Å². The Morgan fingerprint density at radius 3 is 2.38 bits per heavy atom. The highest BCUT2D eigenvalue weighted by molar-refractivity contribution is 5.92. The van der Waals surface area contributed by atoms with Crippen LogP contribution in [0.1, 0.15) is 10.5 Å². The van der Waals surface area contributed by atoms with Crippen molar-refractivity contribution in [1.29, 1.82) is 0 Å². The molecule has 1 aromatic heterocycles. The highest BCUT2D eigenvalue weighted by atomic mass is 16.5. The van der Waals surface area contributed by atoms with Gasteiger partial charge in [-0.3, -0.25) is 4.79 Å². The number of ether oxygens (including phenoxy) is 1. The van der Waals surface area contributed by atoms with E-state index in [0.717, 1.165) is 37.6 Å². The van der Waals surface area contributed by atoms with Gasteiger partial charge < -0.3 is 19.9 Å². The number of nitrogens with one attached hydrogen (secondary N) is 1. The summed E-state index contributed by atoms with van der Waals surface area (Å²) in [6.07, 6.45) is 3.10. The molecule has 1 aromatic carbocycles. The quantitative estimate of drug-likeness (QED) is 0.920. The fourth-order valence-electron chi connectivity index (χ4n) is 2.50. The Morgan fingerprint density at radius 1 is 1.08 bits per heavy atom. The Morgan fingerprint density at radius 2 is 1.79 bits per heavy atom. The maximum absolute atomic E-state index is 12.4. The maximum atomic E-state index is 12.4. The van der Waals surface area contributed by atoms with Crippen molar-refractivity contribution in [3.63, 3.8) is 0 Å². The SMILES string of the molecule is COc1ccc(Nc2cnc(C(=O)N3CCN(C)CC3)cn2)cc1. The minimum atomic E-state index is -0.0633. The number of piperazine rings is 1. The summed E-state index contributed by atoms with van der Waals surface area (Å²) in [5.74, 6) is 1.32. The van der Waals surface area contributed by atoms with Gasteiger partial charge in [0.2, 0.25) is 0 Å². The molecule has 7 nitrogen and oxygen atoms in total. The number of likely N-dealkylation sites (N-methyl/N-ethyl adjacent to an activating group) is 1. The number of hydrogen-bond acceptors (Lipinski definition) is 6. The number of rotatable bonds is 4. The van der Waals surface area contributed by atoms with E-state index in [1.807, 2.05) is 29.2 Å². The third kappa shape index (κ3) is 3.80. The summed E-state index contributed by atoms with van der Waals surface area (Å²) in [6.45, 7) is 3.22. The number of benzene rings is 1. The van der Waals surface area contributed by atoms with Crippen LogP contribution >= 0.6 is 0 Å². The van der Waals surface area contributed by atoms with Crippen molar-refractivity contribution in [2.24, 2.45) is 0 Å². The van der Waals surface area contributed by atoms with Crippen LogP contribution in [0.5, 0.6) is 5.75 Å². The second-order valence-corrected chi connectivity index (χ2v) is 5.74. The van der Waals surface area contributed by atoms with Crippen molar-refractivity contribution in [1.82, 2.24) is 19.8 Å². The average Bonchev–Trinajstić information content (AvgIpc) is 2.63. The van der Waals surface area contributed by atoms with Crippen molar-refractivity contribution in [3.8, 4) is 5.75 Å². The first-order valence-electron chi connectivity index (χ1n) is 7.86. The first-order valence-corrected chi connectivity index (χ1v) is 7.86. The summed E-state index contributed by atoms with van der Waals surface area (Å²) >= 11 is 0. The zero-order chi connectivity index (χ0) is 16.9. The van der Waals surface area contributed by atoms with Gasteiger partial charge in [-0.05, 0) is 31.3 Å². The molecule has 1 fully saturated rings. The van der Waals surface area contributed by atoms with Crippen molar-refractivity contribution in [2.75, 3.05) is 45.7 Å². The van der Waals surface area contributed by atoms with Gasteiger partial charge in [0.05, 0.1) is 19.5 Å². The van der Waals surface area contributed by atoms with E-state index in [-0.39, 0.29) is 5.91 Å². The van der Waals surface area contributed by atoms with Crippen LogP contribution in [0, 0.1) is 0 Å². The number of hydrogen-bond donors (Lipinski definition) is 1. The largest absolute Gasteiger partial charge is 0.497 e. The second-order valence-electron chi connectivity index (χ2n) is 5.74. The Balaban J connectivity index is 1.63. The lowest BCUT2D eigenvalue weighted by Crippen LogP contribution is -2.47. The molecule has 0 bridgehead atoms. The number of methoxy groups -OCH3 is 1. The molecule has 1 saturated heterocycles. The van der Waals surface area contributed by atoms with Gasteiger partial charge in [-0.1, -0.05) is 0 Å². The molecule has 0 saturated carbocycles. The van der Waals surface area contributed by atoms with Crippen molar-refractivity contribution >= 4 is 17.4 Å². The van der Waals surface area contributed by atoms with Gasteiger partial charge in [-0.25, -0.2) is 9.97 Å². The van der Waals surface area contributed by atoms with Crippen molar-refractivity contribution < 1.29 is 9.53 Å². The number of carbonyl (C=O) groups excluding carboxylic acids is 1. The molecule has 0 aliphatic carbocycles. The van der Waals surface area contributed by atoms with Gasteiger partial charge in [-0.15, -0.1) is 0 Å². The second kappa shape index (κ2) is 7.27. The predicted octanol–water partition coefficient (Wildman–Crippen LogP) is 1.62. The standard InChI is InChI=1S/C17H21N5O2/c1-21-7-9-22(10-8-21)17(23)15-11-19-16(12-18-15)20-13-3-5-14(24-2)6-4-13/h3-6,11-12H,7-10H2,1-2H3,(H,19,20). The zero-order valence-corrected chi connectivity index (χ0v) is 13.9. The molecular weight excluding hydrogens is 306 g/mol. The number of aromatic nitrogens is 2. The topological polar surface area (TPSA) is 70.6 Å². The number of nitrogens with zero attached hydrogens (tertiary/aromatic N) is 4. The number of amides is 1. The summed E-state index contributed by atoms with van der Waals surface area (Å²) in [5.41, 5.74) is 1.25. The first-order chi connectivity index (χ1) is 11.7. The van der Waals surface area contributed by atoms with E-state index in [2.05, 4.69) is 27.2 Å². The molecule has 2 heterocycles. The molecule has 2 aromatic rings. The molecule has 0 atom stereocenters. The van der Waals surface area contributed by atoms with E-state index in [0.29, 0.717) is 11.5 Å². The molecule has 0 radical (unpaired) electrons. The van der Waals surface area contributed by atoms with Gasteiger partial charge >= 0.3 is 0 Å². The van der Waals surface area contributed by atoms with Crippen LogP contribution < -0.4 is 10.1 Å². The van der Waals surface area contributed by atoms with E-state index < -0.39 is 0 Å². The normalized spacial score (nSPS) is 15.2. The third-order valence-electron chi connectivity index (χ3n) is 4.02. The number of carbonyl (C=O) groups is 1. The third-order valence-corrected chi connectivity index (χ3v) is 4.02. The van der Waals surface area contributed by atoms with Crippen LogP contribution in [0.2, 0.25) is 0 Å². The van der Waals surface area contributed by atoms with Gasteiger partial charge in [0.25, 0.3) is 5.91 Å². The molecular formula is C17H21N5O2. The molecule has 1 aliphatic rings. The molecule has 7 heteroatoms. The van der Waals surface area contributed by atoms with Gasteiger partial charge in [0, 0.05) is 31.9 Å². The van der Waals surface area contributed by atoms with Crippen molar-refractivity contribution in [2.45, 2.75) is 0 Å². The summed E-state index contributed by atoms with van der Waals surface area (Å²) in [6, 6.07) is 7.51. The average molecular weight is 327 g/mol. The highest BCUT2D eigenvalue weighted by Gasteiger charge is 2.21. The highest BCUT2D eigenvalue weighted by Crippen LogP contribution is 2.18. The summed E-state index contributed by atoms with van der Waals surface area (Å²) in [4.78, 5) is 25.0. The first kappa shape index (κ1) is 16.2. The molecule has 1 amide bonds. The summed E-state index contributed by atoms with van der Waals surface area (Å²) in [7, 11) is 3.69. The van der Waals surface area contributed by atoms with Crippen molar-refractivity contribution in [3.05, 3.63) is 42.4 Å². The zero-order valence-electron chi connectivity index (χ0n) is 13.9. The number of anilines is 2. The van der Waals surface area contributed by atoms with E-state index in [4.69, 9.17) is 4.74 Å². The van der Waals surface area contributed by atoms with E-state index in [1.54, 1.807) is 13.3 Å². The van der Waals surface area contributed by atoms with Crippen LogP contribution in [0.4, 0.5) is 11.5 Å². The lowest BCUT2D eigenvalue weighted by molar-refractivity contribution is 0.0658. The van der Waals surface area contributed by atoms with Gasteiger partial charge in [0.15, 0.2) is 0 Å². The molecule has 3 rings (SSSR count). The Hall–Kier alpha value is -2.67. The molecule has 0 spiro atoms. The Labute approximate surface area is 141 Å².